The smallest absolute Gasteiger partial charge is 0.233 e. The van der Waals surface area contributed by atoms with Gasteiger partial charge in [0.1, 0.15) is 5.82 Å². The van der Waals surface area contributed by atoms with Crippen LogP contribution in [-0.2, 0) is 11.2 Å². The number of carbonyl (C=O) groups is 1. The first-order valence-electron chi connectivity index (χ1n) is 5.13. The molecule has 1 unspecified atom stereocenters. The lowest BCUT2D eigenvalue weighted by Gasteiger charge is -2.08. The van der Waals surface area contributed by atoms with Gasteiger partial charge in [-0.2, -0.15) is 0 Å². The number of amides is 1. The molecule has 1 amide bonds. The standard InChI is InChI=1S/C11H13FN2OS/c12-8-1-2-9-7(5-8)6-10(16-9)11(15)14-4-3-13/h1-2,5,10H,3-4,6,13H2,(H,14,15). The minimum atomic E-state index is -0.248. The van der Waals surface area contributed by atoms with Crippen LogP contribution in [0.25, 0.3) is 0 Å². The van der Waals surface area contributed by atoms with Crippen molar-refractivity contribution in [1.82, 2.24) is 5.32 Å². The molecule has 0 aliphatic carbocycles. The van der Waals surface area contributed by atoms with Crippen LogP contribution in [0.1, 0.15) is 5.56 Å². The van der Waals surface area contributed by atoms with E-state index in [0.29, 0.717) is 19.5 Å². The number of nitrogens with two attached hydrogens (primary N) is 1. The largest absolute Gasteiger partial charge is 0.354 e. The highest BCUT2D eigenvalue weighted by Gasteiger charge is 2.28. The number of hydrogen-bond donors (Lipinski definition) is 2. The first kappa shape index (κ1) is 11.4. The summed E-state index contributed by atoms with van der Waals surface area (Å²) in [5.74, 6) is -0.269. The van der Waals surface area contributed by atoms with E-state index in [-0.39, 0.29) is 17.0 Å². The zero-order valence-electron chi connectivity index (χ0n) is 8.70. The molecule has 3 nitrogen and oxygen atoms in total. The Labute approximate surface area is 97.6 Å². The quantitative estimate of drug-likeness (QED) is 0.826. The fourth-order valence-electron chi connectivity index (χ4n) is 1.67. The predicted octanol–water partition coefficient (Wildman–Crippen LogP) is 0.917. The molecular weight excluding hydrogens is 227 g/mol. The molecule has 0 bridgehead atoms. The van der Waals surface area contributed by atoms with Gasteiger partial charge in [0.25, 0.3) is 0 Å². The van der Waals surface area contributed by atoms with E-state index in [1.165, 1.54) is 23.9 Å². The van der Waals surface area contributed by atoms with Gasteiger partial charge in [-0.3, -0.25) is 4.79 Å². The molecule has 0 spiro atoms. The molecule has 86 valence electrons. The summed E-state index contributed by atoms with van der Waals surface area (Å²) in [5.41, 5.74) is 6.22. The van der Waals surface area contributed by atoms with Crippen molar-refractivity contribution in [3.05, 3.63) is 29.6 Å². The molecule has 1 aliphatic rings. The van der Waals surface area contributed by atoms with Gasteiger partial charge < -0.3 is 11.1 Å². The summed E-state index contributed by atoms with van der Waals surface area (Å²) >= 11 is 1.48. The molecule has 1 aromatic carbocycles. The minimum Gasteiger partial charge on any atom is -0.354 e. The van der Waals surface area contributed by atoms with Crippen LogP contribution in [-0.4, -0.2) is 24.2 Å². The third kappa shape index (κ3) is 2.36. The molecule has 16 heavy (non-hydrogen) atoms. The van der Waals surface area contributed by atoms with E-state index in [1.54, 1.807) is 6.07 Å². The number of carbonyl (C=O) groups excluding carboxylic acids is 1. The van der Waals surface area contributed by atoms with Crippen LogP contribution in [0.3, 0.4) is 0 Å². The molecule has 0 fully saturated rings. The van der Waals surface area contributed by atoms with Crippen molar-refractivity contribution in [2.24, 2.45) is 5.73 Å². The summed E-state index contributed by atoms with van der Waals surface area (Å²) in [6.07, 6.45) is 0.591. The van der Waals surface area contributed by atoms with Crippen molar-refractivity contribution in [3.63, 3.8) is 0 Å². The molecule has 3 N–H and O–H groups in total. The van der Waals surface area contributed by atoms with Gasteiger partial charge in [0.05, 0.1) is 5.25 Å². The average Bonchev–Trinajstić information content (AvgIpc) is 2.68. The Kier molecular flexibility index (Phi) is 3.46. The molecule has 5 heteroatoms. The van der Waals surface area contributed by atoms with Crippen LogP contribution in [0.15, 0.2) is 23.1 Å². The second-order valence-corrected chi connectivity index (χ2v) is 4.89. The van der Waals surface area contributed by atoms with Crippen molar-refractivity contribution in [1.29, 1.82) is 0 Å². The summed E-state index contributed by atoms with van der Waals surface area (Å²) in [7, 11) is 0. The molecule has 2 rings (SSSR count). The van der Waals surface area contributed by atoms with E-state index in [1.807, 2.05) is 0 Å². The lowest BCUT2D eigenvalue weighted by atomic mass is 10.1. The third-order valence-corrected chi connectivity index (χ3v) is 3.75. The van der Waals surface area contributed by atoms with Gasteiger partial charge in [0, 0.05) is 18.0 Å². The summed E-state index contributed by atoms with van der Waals surface area (Å²) < 4.78 is 13.0. The second-order valence-electron chi connectivity index (χ2n) is 3.64. The Balaban J connectivity index is 2.02. The second kappa shape index (κ2) is 4.84. The van der Waals surface area contributed by atoms with Crippen LogP contribution >= 0.6 is 11.8 Å². The maximum Gasteiger partial charge on any atom is 0.233 e. The number of halogens is 1. The number of thioether (sulfide) groups is 1. The molecule has 1 aliphatic heterocycles. The van der Waals surface area contributed by atoms with E-state index in [2.05, 4.69) is 5.32 Å². The first-order chi connectivity index (χ1) is 7.70. The predicted molar refractivity (Wildman–Crippen MR) is 61.8 cm³/mol. The minimum absolute atomic E-state index is 0.0212. The Morgan fingerprint density at radius 2 is 2.44 bits per heavy atom. The summed E-state index contributed by atoms with van der Waals surface area (Å²) in [6.45, 7) is 0.922. The first-order valence-corrected chi connectivity index (χ1v) is 6.01. The molecule has 0 aromatic heterocycles. The average molecular weight is 240 g/mol. The summed E-state index contributed by atoms with van der Waals surface area (Å²) in [5, 5.41) is 2.60. The fraction of sp³-hybridized carbons (Fsp3) is 0.364. The lowest BCUT2D eigenvalue weighted by molar-refractivity contribution is -0.120. The normalized spacial score (nSPS) is 18.2. The van der Waals surface area contributed by atoms with Crippen LogP contribution in [0.4, 0.5) is 4.39 Å². The van der Waals surface area contributed by atoms with Crippen molar-refractivity contribution in [3.8, 4) is 0 Å². The monoisotopic (exact) mass is 240 g/mol. The van der Waals surface area contributed by atoms with E-state index in [9.17, 15) is 9.18 Å². The highest BCUT2D eigenvalue weighted by Crippen LogP contribution is 2.37. The number of nitrogens with one attached hydrogen (secondary N) is 1. The summed E-state index contributed by atoms with van der Waals surface area (Å²) in [4.78, 5) is 12.7. The van der Waals surface area contributed by atoms with E-state index in [0.717, 1.165) is 10.5 Å². The SMILES string of the molecule is NCCNC(=O)C1Cc2cc(F)ccc2S1. The molecule has 0 saturated carbocycles. The van der Waals surface area contributed by atoms with Gasteiger partial charge in [-0.15, -0.1) is 11.8 Å². The Morgan fingerprint density at radius 3 is 3.19 bits per heavy atom. The highest BCUT2D eigenvalue weighted by atomic mass is 32.2. The van der Waals surface area contributed by atoms with E-state index in [4.69, 9.17) is 5.73 Å². The molecule has 0 radical (unpaired) electrons. The molecule has 0 saturated heterocycles. The Bertz CT molecular complexity index is 411. The van der Waals surface area contributed by atoms with E-state index < -0.39 is 0 Å². The van der Waals surface area contributed by atoms with Crippen molar-refractivity contribution in [2.45, 2.75) is 16.6 Å². The van der Waals surface area contributed by atoms with Crippen LogP contribution in [0.5, 0.6) is 0 Å². The van der Waals surface area contributed by atoms with Gasteiger partial charge in [0.2, 0.25) is 5.91 Å². The maximum atomic E-state index is 13.0. The zero-order valence-corrected chi connectivity index (χ0v) is 9.52. The van der Waals surface area contributed by atoms with Crippen molar-refractivity contribution in [2.75, 3.05) is 13.1 Å². The fourth-order valence-corrected chi connectivity index (χ4v) is 2.87. The summed E-state index contributed by atoms with van der Waals surface area (Å²) in [6, 6.07) is 4.65. The van der Waals surface area contributed by atoms with Gasteiger partial charge in [0.15, 0.2) is 0 Å². The Hall–Kier alpha value is -1.07. The highest BCUT2D eigenvalue weighted by molar-refractivity contribution is 8.01. The van der Waals surface area contributed by atoms with Crippen LogP contribution in [0, 0.1) is 5.82 Å². The van der Waals surface area contributed by atoms with E-state index >= 15 is 0 Å². The van der Waals surface area contributed by atoms with Crippen LogP contribution in [0.2, 0.25) is 0 Å². The van der Waals surface area contributed by atoms with Crippen LogP contribution < -0.4 is 11.1 Å². The van der Waals surface area contributed by atoms with Crippen molar-refractivity contribution >= 4 is 17.7 Å². The number of hydrogen-bond acceptors (Lipinski definition) is 3. The number of benzene rings is 1. The number of rotatable bonds is 3. The van der Waals surface area contributed by atoms with Gasteiger partial charge in [-0.25, -0.2) is 4.39 Å². The number of fused-ring (bicyclic) bond motifs is 1. The molecule has 1 heterocycles. The van der Waals surface area contributed by atoms with Gasteiger partial charge in [-0.05, 0) is 30.2 Å². The molecule has 1 aromatic rings. The maximum absolute atomic E-state index is 13.0. The van der Waals surface area contributed by atoms with Crippen molar-refractivity contribution < 1.29 is 9.18 Å². The molecule has 1 atom stereocenters. The Morgan fingerprint density at radius 1 is 1.62 bits per heavy atom. The lowest BCUT2D eigenvalue weighted by Crippen LogP contribution is -2.35. The topological polar surface area (TPSA) is 55.1 Å². The van der Waals surface area contributed by atoms with Gasteiger partial charge in [-0.1, -0.05) is 0 Å². The van der Waals surface area contributed by atoms with Gasteiger partial charge >= 0.3 is 0 Å². The third-order valence-electron chi connectivity index (χ3n) is 2.43. The molecular formula is C11H13FN2OS. The zero-order chi connectivity index (χ0) is 11.5.